The van der Waals surface area contributed by atoms with Crippen molar-refractivity contribution in [3.05, 3.63) is 58.1 Å². The molecular formula is C17H19BrN2O. The highest BCUT2D eigenvalue weighted by Gasteiger charge is 2.11. The average molecular weight is 347 g/mol. The van der Waals surface area contributed by atoms with Crippen molar-refractivity contribution in [2.45, 2.75) is 20.3 Å². The van der Waals surface area contributed by atoms with Gasteiger partial charge in [0.15, 0.2) is 0 Å². The molecule has 0 saturated carbocycles. The number of nitrogens with one attached hydrogen (secondary N) is 2. The van der Waals surface area contributed by atoms with Gasteiger partial charge in [-0.05, 0) is 49.2 Å². The van der Waals surface area contributed by atoms with Gasteiger partial charge in [0.25, 0.3) is 5.91 Å². The Hall–Kier alpha value is -1.81. The van der Waals surface area contributed by atoms with Crippen LogP contribution < -0.4 is 10.6 Å². The van der Waals surface area contributed by atoms with E-state index in [1.807, 2.05) is 49.4 Å². The van der Waals surface area contributed by atoms with Crippen LogP contribution in [0.4, 0.5) is 11.4 Å². The molecule has 0 fully saturated rings. The van der Waals surface area contributed by atoms with E-state index in [1.54, 1.807) is 0 Å². The molecule has 0 atom stereocenters. The molecule has 0 aliphatic carbocycles. The number of anilines is 2. The zero-order chi connectivity index (χ0) is 15.2. The van der Waals surface area contributed by atoms with Crippen LogP contribution in [0.5, 0.6) is 0 Å². The van der Waals surface area contributed by atoms with Crippen molar-refractivity contribution in [3.8, 4) is 0 Å². The Morgan fingerprint density at radius 1 is 1.19 bits per heavy atom. The highest BCUT2D eigenvalue weighted by atomic mass is 79.9. The van der Waals surface area contributed by atoms with E-state index in [1.165, 1.54) is 0 Å². The molecule has 2 rings (SSSR count). The van der Waals surface area contributed by atoms with Crippen molar-refractivity contribution in [1.29, 1.82) is 0 Å². The molecule has 3 nitrogen and oxygen atoms in total. The number of carbonyl (C=O) groups excluding carboxylic acids is 1. The third-order valence-electron chi connectivity index (χ3n) is 3.07. The number of halogens is 1. The van der Waals surface area contributed by atoms with Crippen molar-refractivity contribution >= 4 is 33.2 Å². The smallest absolute Gasteiger partial charge is 0.257 e. The second kappa shape index (κ2) is 7.27. The van der Waals surface area contributed by atoms with E-state index < -0.39 is 0 Å². The van der Waals surface area contributed by atoms with Crippen LogP contribution >= 0.6 is 15.9 Å². The molecule has 110 valence electrons. The summed E-state index contributed by atoms with van der Waals surface area (Å²) in [6.45, 7) is 4.97. The minimum Gasteiger partial charge on any atom is -0.384 e. The fourth-order valence-corrected chi connectivity index (χ4v) is 2.43. The lowest BCUT2D eigenvalue weighted by Gasteiger charge is -2.13. The lowest BCUT2D eigenvalue weighted by molar-refractivity contribution is 0.102. The number of carbonyl (C=O) groups is 1. The molecular weight excluding hydrogens is 328 g/mol. The van der Waals surface area contributed by atoms with E-state index in [0.29, 0.717) is 5.56 Å². The van der Waals surface area contributed by atoms with Crippen molar-refractivity contribution in [3.63, 3.8) is 0 Å². The van der Waals surface area contributed by atoms with Crippen molar-refractivity contribution < 1.29 is 4.79 Å². The van der Waals surface area contributed by atoms with Crippen LogP contribution in [0.15, 0.2) is 46.9 Å². The largest absolute Gasteiger partial charge is 0.384 e. The van der Waals surface area contributed by atoms with Gasteiger partial charge in [-0.2, -0.15) is 0 Å². The third kappa shape index (κ3) is 4.33. The summed E-state index contributed by atoms with van der Waals surface area (Å²) in [6, 6.07) is 13.4. The Labute approximate surface area is 133 Å². The number of aryl methyl sites for hydroxylation is 1. The minimum absolute atomic E-state index is 0.105. The van der Waals surface area contributed by atoms with Gasteiger partial charge in [0.05, 0.1) is 5.56 Å². The lowest BCUT2D eigenvalue weighted by Crippen LogP contribution is -2.15. The highest BCUT2D eigenvalue weighted by molar-refractivity contribution is 9.10. The number of amides is 1. The standard InChI is InChI=1S/C17H19BrN2O/c1-3-9-19-16-10-12(2)7-8-15(16)17(21)20-14-6-4-5-13(18)11-14/h4-8,10-11,19H,3,9H2,1-2H3,(H,20,21). The molecule has 2 N–H and O–H groups in total. The predicted octanol–water partition coefficient (Wildman–Crippen LogP) is 4.83. The zero-order valence-electron chi connectivity index (χ0n) is 12.2. The first kappa shape index (κ1) is 15.6. The van der Waals surface area contributed by atoms with Crippen LogP contribution in [-0.2, 0) is 0 Å². The number of benzene rings is 2. The summed E-state index contributed by atoms with van der Waals surface area (Å²) in [5.41, 5.74) is 3.45. The van der Waals surface area contributed by atoms with Gasteiger partial charge in [-0.15, -0.1) is 0 Å². The molecule has 21 heavy (non-hydrogen) atoms. The fourth-order valence-electron chi connectivity index (χ4n) is 2.03. The first-order chi connectivity index (χ1) is 10.1. The third-order valence-corrected chi connectivity index (χ3v) is 3.56. The van der Waals surface area contributed by atoms with E-state index in [-0.39, 0.29) is 5.91 Å². The van der Waals surface area contributed by atoms with Gasteiger partial charge in [-0.25, -0.2) is 0 Å². The second-order valence-corrected chi connectivity index (χ2v) is 5.86. The molecule has 2 aromatic carbocycles. The van der Waals surface area contributed by atoms with E-state index in [9.17, 15) is 4.79 Å². The van der Waals surface area contributed by atoms with Crippen LogP contribution in [0.25, 0.3) is 0 Å². The Morgan fingerprint density at radius 3 is 2.71 bits per heavy atom. The van der Waals surface area contributed by atoms with Crippen LogP contribution in [0.3, 0.4) is 0 Å². The van der Waals surface area contributed by atoms with E-state index in [4.69, 9.17) is 0 Å². The zero-order valence-corrected chi connectivity index (χ0v) is 13.8. The first-order valence-corrected chi connectivity index (χ1v) is 7.81. The van der Waals surface area contributed by atoms with Gasteiger partial charge in [-0.3, -0.25) is 4.79 Å². The molecule has 0 heterocycles. The molecule has 0 aliphatic rings. The molecule has 0 bridgehead atoms. The molecule has 0 radical (unpaired) electrons. The van der Waals surface area contributed by atoms with Crippen LogP contribution in [0.2, 0.25) is 0 Å². The van der Waals surface area contributed by atoms with E-state index in [2.05, 4.69) is 33.5 Å². The Morgan fingerprint density at radius 2 is 2.00 bits per heavy atom. The molecule has 4 heteroatoms. The predicted molar refractivity (Wildman–Crippen MR) is 92.1 cm³/mol. The second-order valence-electron chi connectivity index (χ2n) is 4.94. The lowest BCUT2D eigenvalue weighted by atomic mass is 10.1. The molecule has 2 aromatic rings. The molecule has 0 unspecified atom stereocenters. The summed E-state index contributed by atoms with van der Waals surface area (Å²) in [7, 11) is 0. The maximum absolute atomic E-state index is 12.5. The van der Waals surface area contributed by atoms with Gasteiger partial charge in [0, 0.05) is 22.4 Å². The Balaban J connectivity index is 2.22. The molecule has 0 saturated heterocycles. The summed E-state index contributed by atoms with van der Waals surface area (Å²) < 4.78 is 0.938. The molecule has 0 spiro atoms. The van der Waals surface area contributed by atoms with Crippen molar-refractivity contribution in [2.24, 2.45) is 0 Å². The van der Waals surface area contributed by atoms with Gasteiger partial charge in [0.2, 0.25) is 0 Å². The maximum Gasteiger partial charge on any atom is 0.257 e. The fraction of sp³-hybridized carbons (Fsp3) is 0.235. The summed E-state index contributed by atoms with van der Waals surface area (Å²) in [5.74, 6) is -0.105. The Bertz CT molecular complexity index is 640. The molecule has 1 amide bonds. The normalized spacial score (nSPS) is 10.2. The first-order valence-electron chi connectivity index (χ1n) is 7.01. The van der Waals surface area contributed by atoms with Crippen LogP contribution in [-0.4, -0.2) is 12.5 Å². The minimum atomic E-state index is -0.105. The summed E-state index contributed by atoms with van der Waals surface area (Å²) in [5, 5.41) is 6.24. The summed E-state index contributed by atoms with van der Waals surface area (Å²) in [4.78, 5) is 12.5. The number of rotatable bonds is 5. The van der Waals surface area contributed by atoms with Crippen LogP contribution in [0, 0.1) is 6.92 Å². The van der Waals surface area contributed by atoms with Gasteiger partial charge in [0.1, 0.15) is 0 Å². The molecule has 0 aromatic heterocycles. The summed E-state index contributed by atoms with van der Waals surface area (Å²) >= 11 is 3.40. The number of hydrogen-bond donors (Lipinski definition) is 2. The monoisotopic (exact) mass is 346 g/mol. The van der Waals surface area contributed by atoms with Gasteiger partial charge < -0.3 is 10.6 Å². The van der Waals surface area contributed by atoms with Crippen molar-refractivity contribution in [2.75, 3.05) is 17.2 Å². The average Bonchev–Trinajstić information content (AvgIpc) is 2.45. The Kier molecular flexibility index (Phi) is 5.39. The van der Waals surface area contributed by atoms with Crippen molar-refractivity contribution in [1.82, 2.24) is 0 Å². The number of hydrogen-bond acceptors (Lipinski definition) is 2. The molecule has 0 aliphatic heterocycles. The quantitative estimate of drug-likeness (QED) is 0.813. The maximum atomic E-state index is 12.5. The summed E-state index contributed by atoms with van der Waals surface area (Å²) in [6.07, 6.45) is 1.01. The highest BCUT2D eigenvalue weighted by Crippen LogP contribution is 2.21. The van der Waals surface area contributed by atoms with Gasteiger partial charge in [-0.1, -0.05) is 35.0 Å². The van der Waals surface area contributed by atoms with E-state index >= 15 is 0 Å². The van der Waals surface area contributed by atoms with Crippen LogP contribution in [0.1, 0.15) is 29.3 Å². The SMILES string of the molecule is CCCNc1cc(C)ccc1C(=O)Nc1cccc(Br)c1. The van der Waals surface area contributed by atoms with Gasteiger partial charge >= 0.3 is 0 Å². The topological polar surface area (TPSA) is 41.1 Å². The van der Waals surface area contributed by atoms with E-state index in [0.717, 1.165) is 34.4 Å².